The van der Waals surface area contributed by atoms with E-state index in [-0.39, 0.29) is 18.1 Å². The summed E-state index contributed by atoms with van der Waals surface area (Å²) in [6.45, 7) is 8.35. The lowest BCUT2D eigenvalue weighted by atomic mass is 10.2. The largest absolute Gasteiger partial charge is 0.372 e. The number of aromatic nitrogens is 3. The summed E-state index contributed by atoms with van der Waals surface area (Å²) < 4.78 is 7.83. The van der Waals surface area contributed by atoms with Gasteiger partial charge in [-0.25, -0.2) is 0 Å². The van der Waals surface area contributed by atoms with E-state index < -0.39 is 0 Å². The molecule has 6 nitrogen and oxygen atoms in total. The highest BCUT2D eigenvalue weighted by molar-refractivity contribution is 7.99. The molecule has 0 bridgehead atoms. The molecule has 2 unspecified atom stereocenters. The number of nitrogens with zero attached hydrogens (tertiary/aromatic N) is 4. The topological polar surface area (TPSA) is 60.2 Å². The third kappa shape index (κ3) is 3.46. The van der Waals surface area contributed by atoms with Gasteiger partial charge in [0.15, 0.2) is 5.16 Å². The van der Waals surface area contributed by atoms with Crippen LogP contribution < -0.4 is 0 Å². The zero-order chi connectivity index (χ0) is 15.7. The molecule has 0 aromatic carbocycles. The second-order valence-electron chi connectivity index (χ2n) is 6.20. The van der Waals surface area contributed by atoms with Gasteiger partial charge < -0.3 is 14.2 Å². The van der Waals surface area contributed by atoms with Crippen molar-refractivity contribution in [1.29, 1.82) is 0 Å². The average Bonchev–Trinajstić information content (AvgIpc) is 3.24. The van der Waals surface area contributed by atoms with Crippen LogP contribution in [0.1, 0.15) is 45.4 Å². The first-order valence-corrected chi connectivity index (χ1v) is 9.06. The predicted molar refractivity (Wildman–Crippen MR) is 85.0 cm³/mol. The second-order valence-corrected chi connectivity index (χ2v) is 7.15. The van der Waals surface area contributed by atoms with Crippen LogP contribution >= 0.6 is 11.8 Å². The van der Waals surface area contributed by atoms with E-state index in [1.165, 1.54) is 24.6 Å². The van der Waals surface area contributed by atoms with Crippen LogP contribution in [0.2, 0.25) is 0 Å². The SMILES string of the molecule is CCn1c(SCC(=O)N2CC(C)OC(C)C2)nnc1C1CC1. The van der Waals surface area contributed by atoms with Gasteiger partial charge in [0.2, 0.25) is 5.91 Å². The zero-order valence-corrected chi connectivity index (χ0v) is 14.3. The van der Waals surface area contributed by atoms with E-state index in [1.54, 1.807) is 0 Å². The van der Waals surface area contributed by atoms with Gasteiger partial charge in [-0.2, -0.15) is 0 Å². The van der Waals surface area contributed by atoms with Gasteiger partial charge in [0, 0.05) is 25.6 Å². The predicted octanol–water partition coefficient (Wildman–Crippen LogP) is 1.90. The van der Waals surface area contributed by atoms with E-state index >= 15 is 0 Å². The minimum Gasteiger partial charge on any atom is -0.372 e. The summed E-state index contributed by atoms with van der Waals surface area (Å²) in [5.41, 5.74) is 0. The summed E-state index contributed by atoms with van der Waals surface area (Å²) in [6.07, 6.45) is 2.65. The molecule has 7 heteroatoms. The summed E-state index contributed by atoms with van der Waals surface area (Å²) >= 11 is 1.50. The lowest BCUT2D eigenvalue weighted by Crippen LogP contribution is -2.48. The standard InChI is InChI=1S/C15H24N4O2S/c1-4-19-14(12-5-6-12)16-17-15(19)22-9-13(20)18-7-10(2)21-11(3)8-18/h10-12H,4-9H2,1-3H3. The van der Waals surface area contributed by atoms with Crippen LogP contribution in [-0.4, -0.2) is 56.6 Å². The molecule has 122 valence electrons. The fourth-order valence-corrected chi connectivity index (χ4v) is 3.86. The van der Waals surface area contributed by atoms with Gasteiger partial charge in [0.05, 0.1) is 18.0 Å². The lowest BCUT2D eigenvalue weighted by Gasteiger charge is -2.35. The molecule has 1 saturated heterocycles. The first kappa shape index (κ1) is 15.8. The van der Waals surface area contributed by atoms with Crippen molar-refractivity contribution in [3.05, 3.63) is 5.82 Å². The number of rotatable bonds is 5. The quantitative estimate of drug-likeness (QED) is 0.774. The summed E-state index contributed by atoms with van der Waals surface area (Å²) in [4.78, 5) is 14.3. The smallest absolute Gasteiger partial charge is 0.233 e. The van der Waals surface area contributed by atoms with E-state index in [2.05, 4.69) is 21.7 Å². The Morgan fingerprint density at radius 1 is 1.27 bits per heavy atom. The molecule has 2 atom stereocenters. The monoisotopic (exact) mass is 324 g/mol. The summed E-state index contributed by atoms with van der Waals surface area (Å²) in [5, 5.41) is 9.45. The Bertz CT molecular complexity index is 534. The van der Waals surface area contributed by atoms with Crippen LogP contribution in [0.25, 0.3) is 0 Å². The van der Waals surface area contributed by atoms with Gasteiger partial charge in [0.25, 0.3) is 0 Å². The first-order chi connectivity index (χ1) is 10.6. The molecule has 0 N–H and O–H groups in total. The summed E-state index contributed by atoms with van der Waals surface area (Å²) in [5.74, 6) is 2.25. The zero-order valence-electron chi connectivity index (χ0n) is 13.5. The van der Waals surface area contributed by atoms with Gasteiger partial charge in [-0.3, -0.25) is 4.79 Å². The second kappa shape index (κ2) is 6.58. The highest BCUT2D eigenvalue weighted by Gasteiger charge is 2.30. The Kier molecular flexibility index (Phi) is 4.73. The lowest BCUT2D eigenvalue weighted by molar-refractivity contribution is -0.140. The maximum Gasteiger partial charge on any atom is 0.233 e. The van der Waals surface area contributed by atoms with Crippen LogP contribution in [-0.2, 0) is 16.1 Å². The minimum atomic E-state index is 0.110. The van der Waals surface area contributed by atoms with Gasteiger partial charge in [-0.05, 0) is 33.6 Å². The van der Waals surface area contributed by atoms with Crippen molar-refractivity contribution >= 4 is 17.7 Å². The van der Waals surface area contributed by atoms with Crippen molar-refractivity contribution in [2.45, 2.75) is 63.4 Å². The highest BCUT2D eigenvalue weighted by atomic mass is 32.2. The van der Waals surface area contributed by atoms with Gasteiger partial charge in [-0.1, -0.05) is 11.8 Å². The molecule has 1 amide bonds. The molecule has 3 rings (SSSR count). The maximum absolute atomic E-state index is 12.4. The van der Waals surface area contributed by atoms with Crippen LogP contribution in [0.5, 0.6) is 0 Å². The summed E-state index contributed by atoms with van der Waals surface area (Å²) in [6, 6.07) is 0. The molecule has 1 saturated carbocycles. The highest BCUT2D eigenvalue weighted by Crippen LogP contribution is 2.39. The molecular formula is C15H24N4O2S. The van der Waals surface area contributed by atoms with E-state index in [0.717, 1.165) is 17.5 Å². The molecule has 0 radical (unpaired) electrons. The average molecular weight is 324 g/mol. The summed E-state index contributed by atoms with van der Waals surface area (Å²) in [7, 11) is 0. The number of thioether (sulfide) groups is 1. The normalized spacial score (nSPS) is 25.5. The number of carbonyl (C=O) groups excluding carboxylic acids is 1. The third-order valence-corrected chi connectivity index (χ3v) is 5.05. The Labute approximate surface area is 135 Å². The molecule has 0 spiro atoms. The van der Waals surface area contributed by atoms with E-state index in [9.17, 15) is 4.79 Å². The Morgan fingerprint density at radius 2 is 1.95 bits per heavy atom. The van der Waals surface area contributed by atoms with Crippen molar-refractivity contribution < 1.29 is 9.53 Å². The molecule has 1 aliphatic carbocycles. The van der Waals surface area contributed by atoms with Crippen LogP contribution in [0, 0.1) is 0 Å². The van der Waals surface area contributed by atoms with Gasteiger partial charge >= 0.3 is 0 Å². The third-order valence-electron chi connectivity index (χ3n) is 4.10. The number of amides is 1. The van der Waals surface area contributed by atoms with E-state index in [4.69, 9.17) is 4.74 Å². The number of morpholine rings is 1. The fraction of sp³-hybridized carbons (Fsp3) is 0.800. The van der Waals surface area contributed by atoms with Crippen molar-refractivity contribution in [2.75, 3.05) is 18.8 Å². The molecular weight excluding hydrogens is 300 g/mol. The van der Waals surface area contributed by atoms with E-state index in [0.29, 0.717) is 24.8 Å². The number of hydrogen-bond acceptors (Lipinski definition) is 5. The number of ether oxygens (including phenoxy) is 1. The minimum absolute atomic E-state index is 0.110. The number of carbonyl (C=O) groups is 1. The molecule has 2 fully saturated rings. The Hall–Kier alpha value is -1.08. The maximum atomic E-state index is 12.4. The van der Waals surface area contributed by atoms with E-state index in [1.807, 2.05) is 18.7 Å². The molecule has 1 aromatic heterocycles. The molecule has 1 aromatic rings. The van der Waals surface area contributed by atoms with Crippen molar-refractivity contribution in [2.24, 2.45) is 0 Å². The molecule has 2 heterocycles. The molecule has 22 heavy (non-hydrogen) atoms. The van der Waals surface area contributed by atoms with Crippen molar-refractivity contribution in [3.8, 4) is 0 Å². The van der Waals surface area contributed by atoms with Crippen LogP contribution in [0.4, 0.5) is 0 Å². The molecule has 1 aliphatic heterocycles. The Balaban J connectivity index is 1.59. The first-order valence-electron chi connectivity index (χ1n) is 8.07. The molecule has 2 aliphatic rings. The fourth-order valence-electron chi connectivity index (χ4n) is 2.95. The van der Waals surface area contributed by atoms with Crippen molar-refractivity contribution in [3.63, 3.8) is 0 Å². The van der Waals surface area contributed by atoms with Crippen LogP contribution in [0.3, 0.4) is 0 Å². The van der Waals surface area contributed by atoms with Crippen molar-refractivity contribution in [1.82, 2.24) is 19.7 Å². The number of hydrogen-bond donors (Lipinski definition) is 0. The van der Waals surface area contributed by atoms with Gasteiger partial charge in [-0.15, -0.1) is 10.2 Å². The van der Waals surface area contributed by atoms with Crippen LogP contribution in [0.15, 0.2) is 5.16 Å². The van der Waals surface area contributed by atoms with Gasteiger partial charge in [0.1, 0.15) is 5.82 Å². The Morgan fingerprint density at radius 3 is 2.55 bits per heavy atom.